The van der Waals surface area contributed by atoms with Crippen LogP contribution in [0.25, 0.3) is 16.8 Å². The summed E-state index contributed by atoms with van der Waals surface area (Å²) in [6.45, 7) is 4.53. The zero-order valence-electron chi connectivity index (χ0n) is 20.8. The molecule has 3 amide bonds. The number of likely N-dealkylation sites (tertiary alicyclic amines) is 1. The lowest BCUT2D eigenvalue weighted by Crippen LogP contribution is -2.38. The van der Waals surface area contributed by atoms with Gasteiger partial charge in [0.2, 0.25) is 11.8 Å². The monoisotopic (exact) mass is 489 g/mol. The second-order valence-corrected chi connectivity index (χ2v) is 9.91. The van der Waals surface area contributed by atoms with Gasteiger partial charge in [-0.25, -0.2) is 4.79 Å². The molecule has 2 saturated heterocycles. The molecule has 188 valence electrons. The van der Waals surface area contributed by atoms with Crippen LogP contribution in [-0.2, 0) is 19.1 Å². The van der Waals surface area contributed by atoms with Crippen molar-refractivity contribution in [3.05, 3.63) is 58.7 Å². The third-order valence-electron chi connectivity index (χ3n) is 7.93. The quantitative estimate of drug-likeness (QED) is 0.457. The van der Waals surface area contributed by atoms with E-state index in [1.165, 1.54) is 18.3 Å². The van der Waals surface area contributed by atoms with Crippen molar-refractivity contribution in [1.29, 1.82) is 0 Å². The molecule has 0 bridgehead atoms. The van der Waals surface area contributed by atoms with Gasteiger partial charge in [0.15, 0.2) is 0 Å². The topological polar surface area (TPSA) is 93.1 Å². The Morgan fingerprint density at radius 1 is 1.14 bits per heavy atom. The van der Waals surface area contributed by atoms with Gasteiger partial charge in [-0.1, -0.05) is 54.5 Å². The van der Waals surface area contributed by atoms with Gasteiger partial charge >= 0.3 is 6.09 Å². The molecule has 0 spiro atoms. The van der Waals surface area contributed by atoms with Crippen LogP contribution in [0.4, 0.5) is 4.79 Å². The zero-order chi connectivity index (χ0) is 25.6. The van der Waals surface area contributed by atoms with E-state index < -0.39 is 29.7 Å². The fraction of sp³-hybridized carbons (Fsp3) is 0.414. The molecule has 0 saturated carbocycles. The fourth-order valence-electron chi connectivity index (χ4n) is 6.21. The van der Waals surface area contributed by atoms with E-state index in [9.17, 15) is 19.5 Å². The Morgan fingerprint density at radius 3 is 2.61 bits per heavy atom. The van der Waals surface area contributed by atoms with Gasteiger partial charge in [-0.3, -0.25) is 9.59 Å². The van der Waals surface area contributed by atoms with Crippen LogP contribution in [0, 0.1) is 17.8 Å². The molecule has 1 aliphatic carbocycles. The van der Waals surface area contributed by atoms with Gasteiger partial charge in [-0.05, 0) is 55.2 Å². The van der Waals surface area contributed by atoms with Crippen LogP contribution in [0.2, 0.25) is 0 Å². The van der Waals surface area contributed by atoms with Crippen molar-refractivity contribution in [2.75, 3.05) is 13.7 Å². The lowest BCUT2D eigenvalue weighted by molar-refractivity contribution is -0.137. The van der Waals surface area contributed by atoms with Gasteiger partial charge in [0.25, 0.3) is 0 Å². The van der Waals surface area contributed by atoms with Gasteiger partial charge in [0, 0.05) is 11.3 Å². The minimum Gasteiger partial charge on any atom is -0.507 e. The van der Waals surface area contributed by atoms with Gasteiger partial charge in [0.05, 0.1) is 31.7 Å². The van der Waals surface area contributed by atoms with Crippen molar-refractivity contribution in [2.45, 2.75) is 45.6 Å². The molecule has 2 aromatic rings. The SMILES string of the molecule is CCC1=C2[C@@H](CC/C(C)=C/c3ccc(O)c4ccccc34)OC[C@@H]2[C@@H]2C(=O)N(C(=O)OC)C(=O)[C@@H]2C1. The average Bonchev–Trinajstić information content (AvgIpc) is 3.42. The van der Waals surface area contributed by atoms with E-state index in [1.807, 2.05) is 30.3 Å². The predicted octanol–water partition coefficient (Wildman–Crippen LogP) is 5.22. The molecule has 2 fully saturated rings. The summed E-state index contributed by atoms with van der Waals surface area (Å²) < 4.78 is 10.9. The van der Waals surface area contributed by atoms with E-state index in [1.54, 1.807) is 6.07 Å². The largest absolute Gasteiger partial charge is 0.507 e. The normalized spacial score (nSPS) is 26.0. The fourth-order valence-corrected chi connectivity index (χ4v) is 6.21. The number of benzene rings is 2. The summed E-state index contributed by atoms with van der Waals surface area (Å²) >= 11 is 0. The maximum Gasteiger partial charge on any atom is 0.423 e. The Balaban J connectivity index is 1.36. The number of hydrogen-bond donors (Lipinski definition) is 1. The Kier molecular flexibility index (Phi) is 6.43. The maximum absolute atomic E-state index is 13.1. The third kappa shape index (κ3) is 3.91. The number of fused-ring (bicyclic) bond motifs is 4. The summed E-state index contributed by atoms with van der Waals surface area (Å²) in [5.41, 5.74) is 4.56. The Morgan fingerprint density at radius 2 is 1.89 bits per heavy atom. The van der Waals surface area contributed by atoms with Crippen LogP contribution in [0.3, 0.4) is 0 Å². The molecule has 7 heteroatoms. The number of methoxy groups -OCH3 is 1. The van der Waals surface area contributed by atoms with Crippen LogP contribution in [0.1, 0.15) is 45.1 Å². The minimum absolute atomic E-state index is 0.110. The number of nitrogens with zero attached hydrogens (tertiary/aromatic N) is 1. The number of rotatable bonds is 5. The Bertz CT molecular complexity index is 1310. The van der Waals surface area contributed by atoms with E-state index in [0.29, 0.717) is 17.9 Å². The van der Waals surface area contributed by atoms with Crippen LogP contribution in [-0.4, -0.2) is 47.7 Å². The molecular weight excluding hydrogens is 458 g/mol. The summed E-state index contributed by atoms with van der Waals surface area (Å²) in [4.78, 5) is 38.8. The average molecular weight is 490 g/mol. The number of allylic oxidation sites excluding steroid dienone is 2. The molecule has 2 aromatic carbocycles. The first-order valence-corrected chi connectivity index (χ1v) is 12.5. The number of aromatic hydroxyl groups is 1. The molecule has 7 nitrogen and oxygen atoms in total. The molecule has 0 aromatic heterocycles. The van der Waals surface area contributed by atoms with Gasteiger partial charge < -0.3 is 14.6 Å². The van der Waals surface area contributed by atoms with E-state index >= 15 is 0 Å². The number of phenols is 1. The van der Waals surface area contributed by atoms with Crippen LogP contribution < -0.4 is 0 Å². The lowest BCUT2D eigenvalue weighted by atomic mass is 9.69. The second-order valence-electron chi connectivity index (χ2n) is 9.91. The van der Waals surface area contributed by atoms with Crippen LogP contribution in [0.15, 0.2) is 53.1 Å². The summed E-state index contributed by atoms with van der Waals surface area (Å²) in [6, 6.07) is 11.4. The van der Waals surface area contributed by atoms with Crippen LogP contribution >= 0.6 is 0 Å². The molecule has 36 heavy (non-hydrogen) atoms. The molecule has 5 rings (SSSR count). The van der Waals surface area contributed by atoms with Crippen molar-refractivity contribution >= 4 is 34.8 Å². The summed E-state index contributed by atoms with van der Waals surface area (Å²) in [5.74, 6) is -1.91. The zero-order valence-corrected chi connectivity index (χ0v) is 20.8. The molecule has 4 atom stereocenters. The summed E-state index contributed by atoms with van der Waals surface area (Å²) in [5, 5.41) is 12.0. The second kappa shape index (κ2) is 9.54. The van der Waals surface area contributed by atoms with Crippen molar-refractivity contribution in [3.8, 4) is 5.75 Å². The molecular formula is C29H31NO6. The number of carbonyl (C=O) groups excluding carboxylic acids is 3. The van der Waals surface area contributed by atoms with Crippen molar-refractivity contribution < 1.29 is 29.0 Å². The minimum atomic E-state index is -0.906. The number of ether oxygens (including phenoxy) is 2. The van der Waals surface area contributed by atoms with E-state index in [2.05, 4.69) is 19.9 Å². The third-order valence-corrected chi connectivity index (χ3v) is 7.93. The molecule has 3 aliphatic rings. The molecule has 2 aliphatic heterocycles. The highest BCUT2D eigenvalue weighted by atomic mass is 16.5. The summed E-state index contributed by atoms with van der Waals surface area (Å²) in [7, 11) is 1.18. The smallest absolute Gasteiger partial charge is 0.423 e. The van der Waals surface area contributed by atoms with E-state index in [4.69, 9.17) is 9.47 Å². The lowest BCUT2D eigenvalue weighted by Gasteiger charge is -2.31. The van der Waals surface area contributed by atoms with E-state index in [-0.39, 0.29) is 17.8 Å². The van der Waals surface area contributed by atoms with Crippen molar-refractivity contribution in [1.82, 2.24) is 4.90 Å². The Labute approximate surface area is 210 Å². The van der Waals surface area contributed by atoms with Crippen LogP contribution in [0.5, 0.6) is 5.75 Å². The maximum atomic E-state index is 13.1. The highest BCUT2D eigenvalue weighted by molar-refractivity contribution is 6.16. The first-order chi connectivity index (χ1) is 17.3. The molecule has 0 unspecified atom stereocenters. The van der Waals surface area contributed by atoms with Crippen molar-refractivity contribution in [2.24, 2.45) is 17.8 Å². The number of amides is 3. The van der Waals surface area contributed by atoms with Gasteiger partial charge in [-0.2, -0.15) is 4.90 Å². The predicted molar refractivity (Wildman–Crippen MR) is 135 cm³/mol. The molecule has 0 radical (unpaired) electrons. The number of hydrogen-bond acceptors (Lipinski definition) is 6. The first-order valence-electron chi connectivity index (χ1n) is 12.5. The highest BCUT2D eigenvalue weighted by Gasteiger charge is 2.58. The van der Waals surface area contributed by atoms with Crippen molar-refractivity contribution in [3.63, 3.8) is 0 Å². The van der Waals surface area contributed by atoms with Gasteiger partial charge in [-0.15, -0.1) is 0 Å². The Hall–Kier alpha value is -3.45. The standard InChI is InChI=1S/C29H31NO6/c1-4-17-14-21-26(28(33)30(27(21)32)29(34)35-3)22-15-36-24(25(17)22)12-9-16(2)13-18-10-11-23(31)20-8-6-5-7-19(18)20/h5-8,10-11,13,21-22,24,26,31H,4,9,12,14-15H2,1-3H3/b16-13+/t21-,22+,24-,26-/m1/s1. The number of phenolic OH excluding ortho intramolecular Hbond substituents is 1. The van der Waals surface area contributed by atoms with E-state index in [0.717, 1.165) is 41.2 Å². The first kappa shape index (κ1) is 24.3. The van der Waals surface area contributed by atoms with Gasteiger partial charge in [0.1, 0.15) is 5.75 Å². The summed E-state index contributed by atoms with van der Waals surface area (Å²) in [6.07, 6.45) is 3.98. The number of carbonyl (C=O) groups is 3. The number of imide groups is 3. The highest BCUT2D eigenvalue weighted by Crippen LogP contribution is 2.50. The molecule has 2 heterocycles. The molecule has 1 N–H and O–H groups in total.